The molecule has 0 saturated carbocycles. The topological polar surface area (TPSA) is 45.2 Å². The average Bonchev–Trinajstić information content (AvgIpc) is 2.99. The maximum absolute atomic E-state index is 13.9. The fraction of sp³-hybridized carbons (Fsp3) is 0.278. The van der Waals surface area contributed by atoms with Crippen LogP contribution < -0.4 is 9.62 Å². The fourth-order valence-corrected chi connectivity index (χ4v) is 6.20. The number of rotatable bonds is 11. The number of fused-ring (bicyclic) bond motifs is 1. The van der Waals surface area contributed by atoms with E-state index in [2.05, 4.69) is 41.3 Å². The maximum Gasteiger partial charge on any atom is 0.227 e. The van der Waals surface area contributed by atoms with Crippen molar-refractivity contribution < 1.29 is 9.18 Å². The average molecular weight is 616 g/mol. The van der Waals surface area contributed by atoms with Crippen molar-refractivity contribution in [1.29, 1.82) is 0 Å². The predicted molar refractivity (Wildman–Crippen MR) is 180 cm³/mol. The number of terminal acetylenes is 1. The Balaban J connectivity index is 0.00000248. The molecule has 1 amide bonds. The summed E-state index contributed by atoms with van der Waals surface area (Å²) in [4.78, 5) is 21.4. The Morgan fingerprint density at radius 3 is 2.65 bits per heavy atom. The normalized spacial score (nSPS) is 15.5. The van der Waals surface area contributed by atoms with E-state index in [0.717, 1.165) is 46.8 Å². The summed E-state index contributed by atoms with van der Waals surface area (Å²) in [6.45, 7) is 10.0. The van der Waals surface area contributed by atoms with Gasteiger partial charge in [0.1, 0.15) is 5.82 Å². The molecule has 1 aliphatic carbocycles. The number of carbonyl (C=O) groups excluding carboxylic acids is 1. The van der Waals surface area contributed by atoms with Gasteiger partial charge < -0.3 is 4.90 Å². The molecule has 1 unspecified atom stereocenters. The van der Waals surface area contributed by atoms with Crippen LogP contribution in [-0.4, -0.2) is 10.9 Å². The molecule has 0 radical (unpaired) electrons. The first kappa shape index (κ1) is 33.9. The fourth-order valence-electron chi connectivity index (χ4n) is 5.09. The molecule has 3 aromatic rings. The number of amides is 1. The number of halogens is 2. The number of aromatic nitrogens is 1. The lowest BCUT2D eigenvalue weighted by Crippen LogP contribution is -2.32. The van der Waals surface area contributed by atoms with Gasteiger partial charge >= 0.3 is 0 Å². The SMILES string of the molecule is C#C.C=C/C=C(\C=C(/C)Cl)SNC1CCCc2ccc(N(Cc3cccc(C)n3)C(=O)C[C@H](C)c3ccc(F)cc3)cc21. The third-order valence-electron chi connectivity index (χ3n) is 7.18. The molecule has 0 spiro atoms. The summed E-state index contributed by atoms with van der Waals surface area (Å²) in [7, 11) is 0. The number of nitrogens with one attached hydrogen (secondary N) is 1. The lowest BCUT2D eigenvalue weighted by Gasteiger charge is -2.30. The second kappa shape index (κ2) is 16.9. The molecular formula is C36H39ClFN3OS. The highest BCUT2D eigenvalue weighted by molar-refractivity contribution is 8.01. The minimum Gasteiger partial charge on any atom is -0.306 e. The second-order valence-corrected chi connectivity index (χ2v) is 12.0. The van der Waals surface area contributed by atoms with Crippen LogP contribution >= 0.6 is 23.5 Å². The van der Waals surface area contributed by atoms with E-state index in [1.165, 1.54) is 35.2 Å². The van der Waals surface area contributed by atoms with Crippen molar-refractivity contribution in [3.8, 4) is 12.8 Å². The summed E-state index contributed by atoms with van der Waals surface area (Å²) >= 11 is 7.68. The summed E-state index contributed by atoms with van der Waals surface area (Å²) in [5.41, 5.74) is 6.01. The molecule has 4 nitrogen and oxygen atoms in total. The van der Waals surface area contributed by atoms with Crippen LogP contribution in [0, 0.1) is 25.6 Å². The van der Waals surface area contributed by atoms with E-state index < -0.39 is 0 Å². The second-order valence-electron chi connectivity index (χ2n) is 10.5. The molecule has 1 N–H and O–H groups in total. The van der Waals surface area contributed by atoms with Gasteiger partial charge in [-0.1, -0.05) is 55.4 Å². The van der Waals surface area contributed by atoms with Crippen molar-refractivity contribution in [2.24, 2.45) is 0 Å². The molecule has 43 heavy (non-hydrogen) atoms. The number of anilines is 1. The Hall–Kier alpha value is -3.63. The van der Waals surface area contributed by atoms with Gasteiger partial charge in [0.2, 0.25) is 5.91 Å². The molecule has 1 aliphatic rings. The number of hydrogen-bond acceptors (Lipinski definition) is 4. The first-order valence-corrected chi connectivity index (χ1v) is 15.5. The van der Waals surface area contributed by atoms with Crippen LogP contribution in [-0.2, 0) is 17.8 Å². The number of aryl methyl sites for hydroxylation is 2. The molecule has 0 fully saturated rings. The Morgan fingerprint density at radius 1 is 1.23 bits per heavy atom. The molecular weight excluding hydrogens is 577 g/mol. The van der Waals surface area contributed by atoms with Crippen molar-refractivity contribution in [2.75, 3.05) is 4.90 Å². The summed E-state index contributed by atoms with van der Waals surface area (Å²) < 4.78 is 17.1. The van der Waals surface area contributed by atoms with Gasteiger partial charge in [0.25, 0.3) is 0 Å². The smallest absolute Gasteiger partial charge is 0.227 e. The Bertz CT molecular complexity index is 1480. The zero-order chi connectivity index (χ0) is 31.4. The molecule has 2 aromatic carbocycles. The van der Waals surface area contributed by atoms with Crippen LogP contribution in [0.1, 0.15) is 73.1 Å². The van der Waals surface area contributed by atoms with Crippen molar-refractivity contribution in [3.05, 3.63) is 129 Å². The molecule has 4 rings (SSSR count). The highest BCUT2D eigenvalue weighted by Crippen LogP contribution is 2.36. The molecule has 0 bridgehead atoms. The predicted octanol–water partition coefficient (Wildman–Crippen LogP) is 9.33. The Labute approximate surface area is 265 Å². The highest BCUT2D eigenvalue weighted by atomic mass is 35.5. The zero-order valence-corrected chi connectivity index (χ0v) is 26.6. The lowest BCUT2D eigenvalue weighted by atomic mass is 9.87. The third kappa shape index (κ3) is 9.96. The summed E-state index contributed by atoms with van der Waals surface area (Å²) in [5, 5.41) is 0.701. The molecule has 1 heterocycles. The molecule has 0 saturated heterocycles. The van der Waals surface area contributed by atoms with E-state index in [0.29, 0.717) is 18.0 Å². The number of carbonyl (C=O) groups is 1. The largest absolute Gasteiger partial charge is 0.306 e. The molecule has 7 heteroatoms. The van der Waals surface area contributed by atoms with Crippen molar-refractivity contribution in [3.63, 3.8) is 0 Å². The van der Waals surface area contributed by atoms with E-state index in [-0.39, 0.29) is 23.7 Å². The van der Waals surface area contributed by atoms with Gasteiger partial charge in [-0.15, -0.1) is 12.8 Å². The van der Waals surface area contributed by atoms with Crippen LogP contribution in [0.25, 0.3) is 0 Å². The Kier molecular flexibility index (Phi) is 13.3. The van der Waals surface area contributed by atoms with Gasteiger partial charge in [0.15, 0.2) is 0 Å². The number of benzene rings is 2. The lowest BCUT2D eigenvalue weighted by molar-refractivity contribution is -0.119. The number of pyridine rings is 1. The quantitative estimate of drug-likeness (QED) is 0.133. The maximum atomic E-state index is 13.9. The van der Waals surface area contributed by atoms with E-state index >= 15 is 0 Å². The molecule has 2 atom stereocenters. The zero-order valence-electron chi connectivity index (χ0n) is 25.0. The number of hydrogen-bond donors (Lipinski definition) is 1. The van der Waals surface area contributed by atoms with E-state index in [4.69, 9.17) is 11.6 Å². The van der Waals surface area contributed by atoms with E-state index in [9.17, 15) is 9.18 Å². The van der Waals surface area contributed by atoms with Gasteiger partial charge in [-0.3, -0.25) is 14.5 Å². The first-order chi connectivity index (χ1) is 20.7. The summed E-state index contributed by atoms with van der Waals surface area (Å²) in [6, 6.07) is 18.7. The van der Waals surface area contributed by atoms with Gasteiger partial charge in [0.05, 0.1) is 12.2 Å². The standard InChI is InChI=1S/C34H37ClFN3OS.C2H2/c1-5-8-31(20-24(3)35)41-38-33-12-7-10-27-15-18-30(21-32(27)33)39(22-29-11-6-9-25(4)37-29)34(40)19-23(2)26-13-16-28(36)17-14-26;1-2/h5-6,8-9,11,13-18,20-21,23,33,38H,1,7,10,12,19,22H2,2-4H3;1-2H/b24-20+,31-8+;/t23-,33?;/m0./s1. The van der Waals surface area contributed by atoms with Gasteiger partial charge in [-0.25, -0.2) is 4.39 Å². The van der Waals surface area contributed by atoms with Crippen molar-refractivity contribution in [1.82, 2.24) is 9.71 Å². The molecule has 224 valence electrons. The number of allylic oxidation sites excluding steroid dienone is 4. The van der Waals surface area contributed by atoms with Gasteiger partial charge in [0, 0.05) is 33.8 Å². The minimum absolute atomic E-state index is 0.00120. The van der Waals surface area contributed by atoms with Crippen LogP contribution in [0.4, 0.5) is 10.1 Å². The molecule has 0 aliphatic heterocycles. The van der Waals surface area contributed by atoms with E-state index in [1.54, 1.807) is 18.2 Å². The summed E-state index contributed by atoms with van der Waals surface area (Å²) in [6.07, 6.45) is 17.0. The van der Waals surface area contributed by atoms with E-state index in [1.807, 2.05) is 62.1 Å². The van der Waals surface area contributed by atoms with Crippen LogP contribution in [0.3, 0.4) is 0 Å². The highest BCUT2D eigenvalue weighted by Gasteiger charge is 2.25. The monoisotopic (exact) mass is 615 g/mol. The number of nitrogens with zero attached hydrogens (tertiary/aromatic N) is 2. The van der Waals surface area contributed by atoms with Crippen LogP contribution in [0.15, 0.2) is 95.4 Å². The summed E-state index contributed by atoms with van der Waals surface area (Å²) in [5.74, 6) is -0.345. The van der Waals surface area contributed by atoms with Crippen LogP contribution in [0.5, 0.6) is 0 Å². The first-order valence-electron chi connectivity index (χ1n) is 14.3. The minimum atomic E-state index is -0.282. The van der Waals surface area contributed by atoms with Gasteiger partial charge in [-0.05, 0) is 116 Å². The third-order valence-corrected chi connectivity index (χ3v) is 8.19. The van der Waals surface area contributed by atoms with Crippen LogP contribution in [0.2, 0.25) is 0 Å². The molecule has 1 aromatic heterocycles. The van der Waals surface area contributed by atoms with Gasteiger partial charge in [-0.2, -0.15) is 0 Å². The Morgan fingerprint density at radius 2 is 1.98 bits per heavy atom. The van der Waals surface area contributed by atoms with Crippen molar-refractivity contribution in [2.45, 2.75) is 65.0 Å². The van der Waals surface area contributed by atoms with Crippen molar-refractivity contribution >= 4 is 35.1 Å².